The Hall–Kier alpha value is -2.66. The van der Waals surface area contributed by atoms with E-state index in [-0.39, 0.29) is 6.67 Å². The molecule has 0 aliphatic heterocycles. The molecule has 27 heavy (non-hydrogen) atoms. The van der Waals surface area contributed by atoms with Crippen molar-refractivity contribution in [2.45, 2.75) is 0 Å². The third-order valence-electron chi connectivity index (χ3n) is 4.70. The molecule has 0 spiro atoms. The van der Waals surface area contributed by atoms with Crippen molar-refractivity contribution in [2.75, 3.05) is 6.67 Å². The van der Waals surface area contributed by atoms with E-state index in [0.717, 1.165) is 48.9 Å². The average Bonchev–Trinajstić information content (AvgIpc) is 3.23. The maximum absolute atomic E-state index is 6.64. The first kappa shape index (κ1) is 16.5. The summed E-state index contributed by atoms with van der Waals surface area (Å²) in [7, 11) is 0. The van der Waals surface area contributed by atoms with E-state index < -0.39 is 0 Å². The summed E-state index contributed by atoms with van der Waals surface area (Å²) in [4.78, 5) is 4.62. The molecule has 0 fully saturated rings. The number of fused-ring (bicyclic) bond motifs is 4. The van der Waals surface area contributed by atoms with Gasteiger partial charge in [-0.05, 0) is 18.2 Å². The normalized spacial score (nSPS) is 12.4. The SMILES string of the molecule is NC/N=C(\c1c(Cl)sc2ccccc12)c1cccc2c1oc1ccccc12. The third-order valence-corrected chi connectivity index (χ3v) is 6.08. The van der Waals surface area contributed by atoms with Crippen LogP contribution in [-0.4, -0.2) is 12.4 Å². The van der Waals surface area contributed by atoms with Crippen LogP contribution in [0.15, 0.2) is 76.1 Å². The second-order valence-electron chi connectivity index (χ2n) is 6.22. The van der Waals surface area contributed by atoms with Gasteiger partial charge in [-0.15, -0.1) is 11.3 Å². The monoisotopic (exact) mass is 390 g/mol. The number of para-hydroxylation sites is 2. The molecule has 0 radical (unpaired) electrons. The van der Waals surface area contributed by atoms with E-state index in [1.807, 2.05) is 42.5 Å². The predicted octanol–water partition coefficient (Wildman–Crippen LogP) is 6.21. The van der Waals surface area contributed by atoms with Crippen molar-refractivity contribution in [2.24, 2.45) is 10.7 Å². The minimum atomic E-state index is 0.173. The molecule has 5 aromatic rings. The van der Waals surface area contributed by atoms with Gasteiger partial charge < -0.3 is 10.2 Å². The standard InChI is InChI=1S/C22H15ClN2OS/c23-22-19(15-7-2-4-11-18(15)27-22)20(25-12-24)16-9-5-8-14-13-6-1-3-10-17(13)26-21(14)16/h1-11H,12,24H2/b25-20-. The lowest BCUT2D eigenvalue weighted by Crippen LogP contribution is -2.08. The number of rotatable bonds is 3. The molecule has 5 heteroatoms. The second kappa shape index (κ2) is 6.50. The maximum atomic E-state index is 6.64. The van der Waals surface area contributed by atoms with Crippen LogP contribution in [0.2, 0.25) is 4.34 Å². The van der Waals surface area contributed by atoms with E-state index in [1.165, 1.54) is 0 Å². The molecule has 0 amide bonds. The van der Waals surface area contributed by atoms with Gasteiger partial charge in [0, 0.05) is 32.0 Å². The van der Waals surface area contributed by atoms with Gasteiger partial charge in [-0.3, -0.25) is 4.99 Å². The first-order valence-corrected chi connectivity index (χ1v) is 9.80. The number of hydrogen-bond acceptors (Lipinski definition) is 4. The Morgan fingerprint density at radius 3 is 2.52 bits per heavy atom. The van der Waals surface area contributed by atoms with Gasteiger partial charge in [-0.25, -0.2) is 0 Å². The fraction of sp³-hybridized carbons (Fsp3) is 0.0455. The van der Waals surface area contributed by atoms with Gasteiger partial charge in [-0.2, -0.15) is 0 Å². The molecule has 132 valence electrons. The van der Waals surface area contributed by atoms with E-state index in [0.29, 0.717) is 4.34 Å². The fourth-order valence-electron chi connectivity index (χ4n) is 3.56. The van der Waals surface area contributed by atoms with E-state index in [2.05, 4.69) is 29.3 Å². The molecule has 2 N–H and O–H groups in total. The number of hydrogen-bond donors (Lipinski definition) is 1. The van der Waals surface area contributed by atoms with Gasteiger partial charge in [0.15, 0.2) is 0 Å². The zero-order valence-electron chi connectivity index (χ0n) is 14.3. The highest BCUT2D eigenvalue weighted by atomic mass is 35.5. The Bertz CT molecular complexity index is 1330. The lowest BCUT2D eigenvalue weighted by Gasteiger charge is -2.08. The van der Waals surface area contributed by atoms with Crippen LogP contribution >= 0.6 is 22.9 Å². The molecule has 3 aromatic carbocycles. The summed E-state index contributed by atoms with van der Waals surface area (Å²) in [6.45, 7) is 0.173. The van der Waals surface area contributed by atoms with Crippen LogP contribution in [0.25, 0.3) is 32.0 Å². The van der Waals surface area contributed by atoms with Gasteiger partial charge in [0.1, 0.15) is 15.5 Å². The number of furan rings is 1. The van der Waals surface area contributed by atoms with Gasteiger partial charge >= 0.3 is 0 Å². The zero-order chi connectivity index (χ0) is 18.4. The Kier molecular flexibility index (Phi) is 3.97. The van der Waals surface area contributed by atoms with E-state index in [9.17, 15) is 0 Å². The highest BCUT2D eigenvalue weighted by molar-refractivity contribution is 7.23. The Balaban J connectivity index is 1.85. The van der Waals surface area contributed by atoms with E-state index in [1.54, 1.807) is 11.3 Å². The molecule has 2 heterocycles. The van der Waals surface area contributed by atoms with Crippen LogP contribution in [0.4, 0.5) is 0 Å². The molecule has 2 aromatic heterocycles. The number of nitrogens with two attached hydrogens (primary N) is 1. The molecule has 0 saturated heterocycles. The van der Waals surface area contributed by atoms with Crippen LogP contribution in [0.1, 0.15) is 11.1 Å². The van der Waals surface area contributed by atoms with Crippen molar-refractivity contribution < 1.29 is 4.42 Å². The lowest BCUT2D eigenvalue weighted by atomic mass is 9.99. The van der Waals surface area contributed by atoms with Crippen LogP contribution in [0, 0.1) is 0 Å². The van der Waals surface area contributed by atoms with Crippen molar-refractivity contribution >= 4 is 60.7 Å². The largest absolute Gasteiger partial charge is 0.455 e. The summed E-state index contributed by atoms with van der Waals surface area (Å²) in [5, 5.41) is 3.22. The summed E-state index contributed by atoms with van der Waals surface area (Å²) >= 11 is 8.20. The first-order chi connectivity index (χ1) is 13.3. The third kappa shape index (κ3) is 2.57. The molecule has 3 nitrogen and oxygen atoms in total. The zero-order valence-corrected chi connectivity index (χ0v) is 15.8. The van der Waals surface area contributed by atoms with Crippen molar-refractivity contribution in [3.05, 3.63) is 82.2 Å². The molecule has 0 atom stereocenters. The van der Waals surface area contributed by atoms with Crippen LogP contribution in [0.3, 0.4) is 0 Å². The van der Waals surface area contributed by atoms with Gasteiger partial charge in [0.05, 0.1) is 12.4 Å². The number of nitrogens with zero attached hydrogens (tertiary/aromatic N) is 1. The van der Waals surface area contributed by atoms with Crippen LogP contribution in [0.5, 0.6) is 0 Å². The number of thiophene rings is 1. The molecule has 0 unspecified atom stereocenters. The Morgan fingerprint density at radius 1 is 0.926 bits per heavy atom. The molecule has 0 bridgehead atoms. The molecule has 0 aliphatic carbocycles. The summed E-state index contributed by atoms with van der Waals surface area (Å²) < 4.78 is 8.03. The molecule has 0 saturated carbocycles. The number of aliphatic imine (C=N–C) groups is 1. The first-order valence-electron chi connectivity index (χ1n) is 8.60. The van der Waals surface area contributed by atoms with Gasteiger partial charge in [-0.1, -0.05) is 60.1 Å². The quantitative estimate of drug-likeness (QED) is 0.372. The minimum Gasteiger partial charge on any atom is -0.455 e. The predicted molar refractivity (Wildman–Crippen MR) is 115 cm³/mol. The smallest absolute Gasteiger partial charge is 0.144 e. The second-order valence-corrected chi connectivity index (χ2v) is 7.87. The highest BCUT2D eigenvalue weighted by Gasteiger charge is 2.21. The number of halogens is 1. The molecular weight excluding hydrogens is 376 g/mol. The van der Waals surface area contributed by atoms with Crippen molar-refractivity contribution in [3.8, 4) is 0 Å². The Labute approximate surface area is 164 Å². The van der Waals surface area contributed by atoms with Crippen LogP contribution in [-0.2, 0) is 0 Å². The van der Waals surface area contributed by atoms with Crippen molar-refractivity contribution in [1.29, 1.82) is 0 Å². The summed E-state index contributed by atoms with van der Waals surface area (Å²) in [6, 6.07) is 22.3. The van der Waals surface area contributed by atoms with Crippen molar-refractivity contribution in [3.63, 3.8) is 0 Å². The minimum absolute atomic E-state index is 0.173. The highest BCUT2D eigenvalue weighted by Crippen LogP contribution is 2.39. The molecule has 0 aliphatic rings. The number of benzene rings is 3. The van der Waals surface area contributed by atoms with Gasteiger partial charge in [0.25, 0.3) is 0 Å². The van der Waals surface area contributed by atoms with E-state index in [4.69, 9.17) is 21.8 Å². The Morgan fingerprint density at radius 2 is 1.67 bits per heavy atom. The summed E-state index contributed by atoms with van der Waals surface area (Å²) in [6.07, 6.45) is 0. The van der Waals surface area contributed by atoms with Crippen LogP contribution < -0.4 is 5.73 Å². The molecule has 5 rings (SSSR count). The van der Waals surface area contributed by atoms with Gasteiger partial charge in [0.2, 0.25) is 0 Å². The average molecular weight is 391 g/mol. The fourth-order valence-corrected chi connectivity index (χ4v) is 4.93. The summed E-state index contributed by atoms with van der Waals surface area (Å²) in [5.41, 5.74) is 10.1. The van der Waals surface area contributed by atoms with E-state index >= 15 is 0 Å². The lowest BCUT2D eigenvalue weighted by molar-refractivity contribution is 0.668. The topological polar surface area (TPSA) is 51.5 Å². The van der Waals surface area contributed by atoms with Crippen molar-refractivity contribution in [1.82, 2.24) is 0 Å². The summed E-state index contributed by atoms with van der Waals surface area (Å²) in [5.74, 6) is 0. The maximum Gasteiger partial charge on any atom is 0.144 e. The molecular formula is C22H15ClN2OS.